The van der Waals surface area contributed by atoms with Gasteiger partial charge in [0.1, 0.15) is 0 Å². The first-order valence-electron chi connectivity index (χ1n) is 6.21. The first kappa shape index (κ1) is 15.9. The molecule has 0 heterocycles. The third-order valence-electron chi connectivity index (χ3n) is 2.71. The van der Waals surface area contributed by atoms with Crippen LogP contribution in [-0.2, 0) is 0 Å². The number of hydrogen-bond donors (Lipinski definition) is 1. The van der Waals surface area contributed by atoms with E-state index in [4.69, 9.17) is 4.74 Å². The van der Waals surface area contributed by atoms with E-state index in [-0.39, 0.29) is 17.3 Å². The lowest BCUT2D eigenvalue weighted by molar-refractivity contribution is -0.385. The molecule has 0 fully saturated rings. The lowest BCUT2D eigenvalue weighted by atomic mass is 10.1. The Morgan fingerprint density at radius 2 is 2.15 bits per heavy atom. The average molecular weight is 281 g/mol. The van der Waals surface area contributed by atoms with Gasteiger partial charge in [-0.2, -0.15) is 0 Å². The third-order valence-corrected chi connectivity index (χ3v) is 2.71. The first-order chi connectivity index (χ1) is 9.45. The van der Waals surface area contributed by atoms with Crippen molar-refractivity contribution in [2.24, 2.45) is 0 Å². The standard InChI is InChI=1S/C13H19N3O4/c1-15(2)8-4-7-14-13(17)10-5-6-11(16(18)19)12(9-10)20-3/h5-6,9H,4,7-8H2,1-3H3,(H,14,17). The number of hydrogen-bond acceptors (Lipinski definition) is 5. The number of ether oxygens (including phenoxy) is 1. The molecule has 0 atom stereocenters. The molecule has 0 saturated carbocycles. The van der Waals surface area contributed by atoms with E-state index in [1.807, 2.05) is 19.0 Å². The molecule has 0 aliphatic heterocycles. The minimum atomic E-state index is -0.544. The molecular formula is C13H19N3O4. The number of nitrogens with one attached hydrogen (secondary N) is 1. The van der Waals surface area contributed by atoms with Gasteiger partial charge in [-0.25, -0.2) is 0 Å². The molecule has 0 aliphatic rings. The van der Waals surface area contributed by atoms with Crippen molar-refractivity contribution >= 4 is 11.6 Å². The van der Waals surface area contributed by atoms with Gasteiger partial charge < -0.3 is 15.0 Å². The molecule has 1 N–H and O–H groups in total. The Kier molecular flexibility index (Phi) is 5.92. The van der Waals surface area contributed by atoms with E-state index in [9.17, 15) is 14.9 Å². The fourth-order valence-electron chi connectivity index (χ4n) is 1.67. The zero-order valence-corrected chi connectivity index (χ0v) is 11.9. The van der Waals surface area contributed by atoms with Crippen molar-refractivity contribution in [1.82, 2.24) is 10.2 Å². The van der Waals surface area contributed by atoms with Crippen LogP contribution in [0.15, 0.2) is 18.2 Å². The summed E-state index contributed by atoms with van der Waals surface area (Å²) >= 11 is 0. The van der Waals surface area contributed by atoms with Gasteiger partial charge in [0.15, 0.2) is 5.75 Å². The number of carbonyl (C=O) groups is 1. The number of methoxy groups -OCH3 is 1. The molecule has 1 aromatic carbocycles. The SMILES string of the molecule is COc1cc(C(=O)NCCCN(C)C)ccc1[N+](=O)[O-]. The summed E-state index contributed by atoms with van der Waals surface area (Å²) in [7, 11) is 5.26. The van der Waals surface area contributed by atoms with Crippen LogP contribution in [0.4, 0.5) is 5.69 Å². The van der Waals surface area contributed by atoms with Crippen molar-refractivity contribution < 1.29 is 14.5 Å². The van der Waals surface area contributed by atoms with Gasteiger partial charge in [-0.05, 0) is 33.1 Å². The number of benzene rings is 1. The van der Waals surface area contributed by atoms with E-state index in [0.717, 1.165) is 13.0 Å². The molecule has 0 radical (unpaired) electrons. The molecule has 0 bridgehead atoms. The van der Waals surface area contributed by atoms with E-state index in [1.165, 1.54) is 25.3 Å². The zero-order valence-electron chi connectivity index (χ0n) is 11.9. The number of carbonyl (C=O) groups excluding carboxylic acids is 1. The number of amides is 1. The summed E-state index contributed by atoms with van der Waals surface area (Å²) < 4.78 is 4.93. The maximum atomic E-state index is 11.9. The molecule has 7 nitrogen and oxygen atoms in total. The molecule has 0 aromatic heterocycles. The second-order valence-electron chi connectivity index (χ2n) is 4.56. The maximum absolute atomic E-state index is 11.9. The predicted molar refractivity (Wildman–Crippen MR) is 75.2 cm³/mol. The Balaban J connectivity index is 2.67. The minimum Gasteiger partial charge on any atom is -0.490 e. The fourth-order valence-corrected chi connectivity index (χ4v) is 1.67. The van der Waals surface area contributed by atoms with Gasteiger partial charge >= 0.3 is 5.69 Å². The number of nitro benzene ring substituents is 1. The summed E-state index contributed by atoms with van der Waals surface area (Å²) in [6.07, 6.45) is 0.836. The molecule has 1 aromatic rings. The first-order valence-corrected chi connectivity index (χ1v) is 6.21. The van der Waals surface area contributed by atoms with Crippen molar-refractivity contribution in [3.05, 3.63) is 33.9 Å². The molecule has 0 unspecified atom stereocenters. The van der Waals surface area contributed by atoms with Gasteiger partial charge in [-0.3, -0.25) is 14.9 Å². The second kappa shape index (κ2) is 7.44. The van der Waals surface area contributed by atoms with Gasteiger partial charge in [0.25, 0.3) is 5.91 Å². The summed E-state index contributed by atoms with van der Waals surface area (Å²) in [5.41, 5.74) is 0.189. The van der Waals surface area contributed by atoms with Gasteiger partial charge in [-0.1, -0.05) is 0 Å². The largest absolute Gasteiger partial charge is 0.490 e. The fraction of sp³-hybridized carbons (Fsp3) is 0.462. The highest BCUT2D eigenvalue weighted by Gasteiger charge is 2.17. The van der Waals surface area contributed by atoms with E-state index in [1.54, 1.807) is 0 Å². The normalized spacial score (nSPS) is 10.4. The van der Waals surface area contributed by atoms with Crippen molar-refractivity contribution in [1.29, 1.82) is 0 Å². The van der Waals surface area contributed by atoms with Crippen LogP contribution in [0, 0.1) is 10.1 Å². The van der Waals surface area contributed by atoms with Crippen molar-refractivity contribution in [3.63, 3.8) is 0 Å². The number of nitrogens with zero attached hydrogens (tertiary/aromatic N) is 2. The van der Waals surface area contributed by atoms with E-state index in [2.05, 4.69) is 5.32 Å². The van der Waals surface area contributed by atoms with Crippen molar-refractivity contribution in [3.8, 4) is 5.75 Å². The molecule has 1 rings (SSSR count). The van der Waals surface area contributed by atoms with Crippen LogP contribution in [0.2, 0.25) is 0 Å². The Morgan fingerprint density at radius 3 is 2.70 bits per heavy atom. The molecule has 0 spiro atoms. The Labute approximate surface area is 117 Å². The highest BCUT2D eigenvalue weighted by atomic mass is 16.6. The number of rotatable bonds is 7. The molecule has 1 amide bonds. The molecule has 110 valence electrons. The van der Waals surface area contributed by atoms with Crippen LogP contribution in [-0.4, -0.2) is 50.0 Å². The van der Waals surface area contributed by atoms with Crippen LogP contribution in [0.25, 0.3) is 0 Å². The quantitative estimate of drug-likeness (QED) is 0.462. The van der Waals surface area contributed by atoms with Crippen LogP contribution in [0.1, 0.15) is 16.8 Å². The summed E-state index contributed by atoms with van der Waals surface area (Å²) in [4.78, 5) is 24.1. The third kappa shape index (κ3) is 4.51. The Hall–Kier alpha value is -2.15. The minimum absolute atomic E-state index is 0.0796. The highest BCUT2D eigenvalue weighted by Crippen LogP contribution is 2.27. The average Bonchev–Trinajstić information content (AvgIpc) is 2.42. The predicted octanol–water partition coefficient (Wildman–Crippen LogP) is 1.28. The van der Waals surface area contributed by atoms with Crippen LogP contribution < -0.4 is 10.1 Å². The number of nitro groups is 1. The lowest BCUT2D eigenvalue weighted by Crippen LogP contribution is -2.27. The van der Waals surface area contributed by atoms with E-state index in [0.29, 0.717) is 12.1 Å². The van der Waals surface area contributed by atoms with Crippen LogP contribution >= 0.6 is 0 Å². The topological polar surface area (TPSA) is 84.7 Å². The van der Waals surface area contributed by atoms with Crippen molar-refractivity contribution in [2.45, 2.75) is 6.42 Å². The van der Waals surface area contributed by atoms with Gasteiger partial charge in [0.05, 0.1) is 12.0 Å². The molecule has 0 aliphatic carbocycles. The summed E-state index contributed by atoms with van der Waals surface area (Å²) in [6, 6.07) is 4.06. The smallest absolute Gasteiger partial charge is 0.310 e. The maximum Gasteiger partial charge on any atom is 0.310 e. The Bertz CT molecular complexity index is 489. The summed E-state index contributed by atoms with van der Waals surface area (Å²) in [5, 5.41) is 13.5. The zero-order chi connectivity index (χ0) is 15.1. The molecule has 20 heavy (non-hydrogen) atoms. The summed E-state index contributed by atoms with van der Waals surface area (Å²) in [6.45, 7) is 1.43. The lowest BCUT2D eigenvalue weighted by Gasteiger charge is -2.10. The highest BCUT2D eigenvalue weighted by molar-refractivity contribution is 5.95. The van der Waals surface area contributed by atoms with E-state index >= 15 is 0 Å². The molecular weight excluding hydrogens is 262 g/mol. The van der Waals surface area contributed by atoms with Crippen LogP contribution in [0.3, 0.4) is 0 Å². The molecule has 0 saturated heterocycles. The van der Waals surface area contributed by atoms with Crippen molar-refractivity contribution in [2.75, 3.05) is 34.3 Å². The van der Waals surface area contributed by atoms with Crippen LogP contribution in [0.5, 0.6) is 5.75 Å². The van der Waals surface area contributed by atoms with Gasteiger partial charge in [0.2, 0.25) is 0 Å². The summed E-state index contributed by atoms with van der Waals surface area (Å²) in [5.74, 6) is -0.187. The van der Waals surface area contributed by atoms with Gasteiger partial charge in [0, 0.05) is 24.2 Å². The second-order valence-corrected chi connectivity index (χ2v) is 4.56. The van der Waals surface area contributed by atoms with E-state index < -0.39 is 4.92 Å². The Morgan fingerprint density at radius 1 is 1.45 bits per heavy atom. The monoisotopic (exact) mass is 281 g/mol. The molecule has 7 heteroatoms. The van der Waals surface area contributed by atoms with Gasteiger partial charge in [-0.15, -0.1) is 0 Å².